The smallest absolute Gasteiger partial charge is 0.283 e. The summed E-state index contributed by atoms with van der Waals surface area (Å²) in [7, 11) is 1.52. The summed E-state index contributed by atoms with van der Waals surface area (Å²) >= 11 is 7.56. The first kappa shape index (κ1) is 20.6. The first-order valence-corrected chi connectivity index (χ1v) is 10.1. The van der Waals surface area contributed by atoms with Crippen molar-refractivity contribution in [2.75, 3.05) is 7.11 Å². The van der Waals surface area contributed by atoms with Gasteiger partial charge in [-0.15, -0.1) is 11.3 Å². The molecule has 0 saturated carbocycles. The predicted octanol–water partition coefficient (Wildman–Crippen LogP) is 4.06. The van der Waals surface area contributed by atoms with Crippen LogP contribution in [-0.4, -0.2) is 23.7 Å². The van der Waals surface area contributed by atoms with Gasteiger partial charge in [-0.2, -0.15) is 4.99 Å². The number of ether oxygens (including phenoxy) is 1. The Balaban J connectivity index is 2.03. The minimum absolute atomic E-state index is 0.0580. The number of rotatable bonds is 4. The lowest BCUT2D eigenvalue weighted by Gasteiger charge is -2.14. The normalized spacial score (nSPS) is 17.4. The highest BCUT2D eigenvalue weighted by atomic mass is 35.5. The number of amides is 1. The molecule has 0 aliphatic carbocycles. The van der Waals surface area contributed by atoms with E-state index in [-0.39, 0.29) is 11.5 Å². The number of hydrogen-bond acceptors (Lipinski definition) is 5. The van der Waals surface area contributed by atoms with Crippen LogP contribution < -0.4 is 15.0 Å². The van der Waals surface area contributed by atoms with E-state index in [1.807, 2.05) is 23.8 Å². The Bertz CT molecular complexity index is 985. The number of benzene rings is 1. The maximum atomic E-state index is 12.9. The van der Waals surface area contributed by atoms with Gasteiger partial charge in [-0.3, -0.25) is 15.1 Å². The minimum Gasteiger partial charge on any atom is -0.496 e. The van der Waals surface area contributed by atoms with Crippen LogP contribution in [0.1, 0.15) is 42.9 Å². The van der Waals surface area contributed by atoms with E-state index in [9.17, 15) is 4.79 Å². The molecule has 28 heavy (non-hydrogen) atoms. The van der Waals surface area contributed by atoms with Gasteiger partial charge < -0.3 is 9.30 Å². The summed E-state index contributed by atoms with van der Waals surface area (Å²) in [5.41, 5.74) is 4.10. The molecule has 1 N–H and O–H groups in total. The Hall–Kier alpha value is -2.09. The Morgan fingerprint density at radius 3 is 2.79 bits per heavy atom. The molecule has 0 radical (unpaired) electrons. The Labute approximate surface area is 173 Å². The molecule has 3 rings (SSSR count). The van der Waals surface area contributed by atoms with Gasteiger partial charge in [0.2, 0.25) is 0 Å². The van der Waals surface area contributed by atoms with Crippen LogP contribution >= 0.6 is 22.9 Å². The van der Waals surface area contributed by atoms with Gasteiger partial charge in [0, 0.05) is 21.8 Å². The van der Waals surface area contributed by atoms with Crippen molar-refractivity contribution in [3.8, 4) is 5.75 Å². The van der Waals surface area contributed by atoms with Crippen LogP contribution in [0.3, 0.4) is 0 Å². The highest BCUT2D eigenvalue weighted by Crippen LogP contribution is 2.26. The number of hydrogen-bond donors (Lipinski definition) is 1. The summed E-state index contributed by atoms with van der Waals surface area (Å²) in [5, 5.41) is 0.458. The van der Waals surface area contributed by atoms with Crippen molar-refractivity contribution in [1.29, 1.82) is 0 Å². The predicted molar refractivity (Wildman–Crippen MR) is 111 cm³/mol. The Morgan fingerprint density at radius 2 is 2.18 bits per heavy atom. The number of aromatic nitrogens is 1. The quantitative estimate of drug-likeness (QED) is 0.808. The van der Waals surface area contributed by atoms with Crippen molar-refractivity contribution < 1.29 is 14.4 Å². The second kappa shape index (κ2) is 8.11. The third-order valence-corrected chi connectivity index (χ3v) is 5.91. The zero-order valence-electron chi connectivity index (χ0n) is 16.6. The molecular formula is C20H24ClN3O3S. The van der Waals surface area contributed by atoms with E-state index in [2.05, 4.69) is 31.2 Å². The van der Waals surface area contributed by atoms with Gasteiger partial charge >= 0.3 is 0 Å². The molecule has 0 fully saturated rings. The molecule has 150 valence electrons. The number of allylic oxidation sites excluding steroid dienone is 1. The number of carbonyl (C=O) groups is 1. The van der Waals surface area contributed by atoms with Gasteiger partial charge in [-0.25, -0.2) is 0 Å². The zero-order chi connectivity index (χ0) is 20.5. The van der Waals surface area contributed by atoms with Crippen LogP contribution in [0.15, 0.2) is 41.2 Å². The summed E-state index contributed by atoms with van der Waals surface area (Å²) in [6.07, 6.45) is 3.92. The van der Waals surface area contributed by atoms with E-state index >= 15 is 0 Å². The zero-order valence-corrected chi connectivity index (χ0v) is 18.1. The van der Waals surface area contributed by atoms with E-state index in [0.717, 1.165) is 10.6 Å². The Kier molecular flexibility index (Phi) is 5.98. The standard InChI is InChI=1S/C20H24ClN3O3S/c1-12-8-14(27-23-12)10-24-11-17(20(2,3)4)28-19(24)22-18(25)15-9-13(21)6-7-16(15)26-5/h6-9,11,14,23H,10H2,1-5H3. The molecule has 0 bridgehead atoms. The Morgan fingerprint density at radius 1 is 1.43 bits per heavy atom. The van der Waals surface area contributed by atoms with Crippen molar-refractivity contribution in [3.63, 3.8) is 0 Å². The van der Waals surface area contributed by atoms with E-state index in [0.29, 0.717) is 27.7 Å². The summed E-state index contributed by atoms with van der Waals surface area (Å²) in [4.78, 5) is 24.5. The SMILES string of the molecule is COc1ccc(Cl)cc1C(=O)N=c1sc(C(C)(C)C)cn1CC1C=C(C)NO1. The number of thiazole rings is 1. The molecule has 2 heterocycles. The van der Waals surface area contributed by atoms with E-state index in [1.165, 1.54) is 18.4 Å². The summed E-state index contributed by atoms with van der Waals surface area (Å²) in [5.74, 6) is 0.0479. The monoisotopic (exact) mass is 421 g/mol. The summed E-state index contributed by atoms with van der Waals surface area (Å²) in [6, 6.07) is 4.92. The van der Waals surface area contributed by atoms with Gasteiger partial charge in [-0.05, 0) is 36.6 Å². The summed E-state index contributed by atoms with van der Waals surface area (Å²) in [6.45, 7) is 8.89. The molecule has 8 heteroatoms. The first-order valence-electron chi connectivity index (χ1n) is 8.91. The molecule has 0 spiro atoms. The average molecular weight is 422 g/mol. The van der Waals surface area contributed by atoms with E-state index in [4.69, 9.17) is 21.2 Å². The number of halogens is 1. The van der Waals surface area contributed by atoms with Crippen LogP contribution in [0, 0.1) is 0 Å². The lowest BCUT2D eigenvalue weighted by Crippen LogP contribution is -2.24. The van der Waals surface area contributed by atoms with Crippen molar-refractivity contribution in [2.45, 2.75) is 45.8 Å². The minimum atomic E-state index is -0.396. The molecule has 1 unspecified atom stereocenters. The van der Waals surface area contributed by atoms with Gasteiger partial charge in [0.1, 0.15) is 11.9 Å². The van der Waals surface area contributed by atoms with Crippen LogP contribution in [0.5, 0.6) is 5.75 Å². The first-order chi connectivity index (χ1) is 13.2. The van der Waals surface area contributed by atoms with E-state index in [1.54, 1.807) is 18.2 Å². The second-order valence-corrected chi connectivity index (χ2v) is 9.10. The molecule has 1 amide bonds. The van der Waals surface area contributed by atoms with E-state index < -0.39 is 5.91 Å². The van der Waals surface area contributed by atoms with Crippen molar-refractivity contribution in [2.24, 2.45) is 4.99 Å². The lowest BCUT2D eigenvalue weighted by atomic mass is 9.95. The molecule has 6 nitrogen and oxygen atoms in total. The van der Waals surface area contributed by atoms with Gasteiger partial charge in [0.05, 0.1) is 19.2 Å². The molecule has 1 aliphatic rings. The third-order valence-electron chi connectivity index (χ3n) is 4.23. The lowest BCUT2D eigenvalue weighted by molar-refractivity contribution is 0.0331. The molecule has 0 saturated heterocycles. The molecule has 1 aliphatic heterocycles. The maximum absolute atomic E-state index is 12.9. The fraction of sp³-hybridized carbons (Fsp3) is 0.400. The molecule has 2 aromatic rings. The van der Waals surface area contributed by atoms with Crippen molar-refractivity contribution in [3.05, 3.63) is 56.4 Å². The number of carbonyl (C=O) groups excluding carboxylic acids is 1. The van der Waals surface area contributed by atoms with Crippen LogP contribution in [0.4, 0.5) is 0 Å². The van der Waals surface area contributed by atoms with Crippen molar-refractivity contribution >= 4 is 28.8 Å². The topological polar surface area (TPSA) is 64.8 Å². The molecule has 1 aromatic heterocycles. The maximum Gasteiger partial charge on any atom is 0.283 e. The fourth-order valence-corrected chi connectivity index (χ4v) is 3.97. The highest BCUT2D eigenvalue weighted by Gasteiger charge is 2.21. The third kappa shape index (κ3) is 4.66. The molecule has 1 atom stereocenters. The number of nitrogens with zero attached hydrogens (tertiary/aromatic N) is 2. The fourth-order valence-electron chi connectivity index (χ4n) is 2.74. The van der Waals surface area contributed by atoms with Gasteiger partial charge in [0.25, 0.3) is 5.91 Å². The van der Waals surface area contributed by atoms with Crippen LogP contribution in [0.25, 0.3) is 0 Å². The number of methoxy groups -OCH3 is 1. The van der Waals surface area contributed by atoms with Crippen LogP contribution in [0.2, 0.25) is 5.02 Å². The molecular weight excluding hydrogens is 398 g/mol. The van der Waals surface area contributed by atoms with Gasteiger partial charge in [0.15, 0.2) is 4.80 Å². The van der Waals surface area contributed by atoms with Crippen LogP contribution in [-0.2, 0) is 16.8 Å². The molecule has 1 aromatic carbocycles. The number of nitrogens with one attached hydrogen (secondary N) is 1. The second-order valence-electron chi connectivity index (χ2n) is 7.65. The largest absolute Gasteiger partial charge is 0.496 e. The number of hydroxylamine groups is 1. The summed E-state index contributed by atoms with van der Waals surface area (Å²) < 4.78 is 7.25. The average Bonchev–Trinajstić information content (AvgIpc) is 3.21. The van der Waals surface area contributed by atoms with Crippen molar-refractivity contribution in [1.82, 2.24) is 10.0 Å². The van der Waals surface area contributed by atoms with Gasteiger partial charge in [-0.1, -0.05) is 32.4 Å². The highest BCUT2D eigenvalue weighted by molar-refractivity contribution is 7.09.